The Morgan fingerprint density at radius 1 is 1.18 bits per heavy atom. The van der Waals surface area contributed by atoms with Gasteiger partial charge in [0.2, 0.25) is 5.91 Å². The lowest BCUT2D eigenvalue weighted by atomic mass is 10.1. The number of fused-ring (bicyclic) bond motifs is 1. The van der Waals surface area contributed by atoms with Gasteiger partial charge in [-0.25, -0.2) is 9.67 Å². The third-order valence-electron chi connectivity index (χ3n) is 5.47. The van der Waals surface area contributed by atoms with Gasteiger partial charge in [-0.05, 0) is 67.1 Å². The molecule has 0 saturated heterocycles. The maximum absolute atomic E-state index is 12.7. The second-order valence-electron chi connectivity index (χ2n) is 7.18. The Bertz CT molecular complexity index is 953. The maximum Gasteiger partial charge on any atom is 0.233 e. The smallest absolute Gasteiger partial charge is 0.233 e. The highest BCUT2D eigenvalue weighted by molar-refractivity contribution is 8.00. The average molecular weight is 393 g/mol. The molecule has 0 N–H and O–H groups in total. The van der Waals surface area contributed by atoms with E-state index in [1.54, 1.807) is 22.8 Å². The number of aromatic nitrogens is 3. The quantitative estimate of drug-likeness (QED) is 0.594. The summed E-state index contributed by atoms with van der Waals surface area (Å²) in [5, 5.41) is 4.14. The zero-order valence-corrected chi connectivity index (χ0v) is 17.0. The first kappa shape index (κ1) is 18.7. The van der Waals surface area contributed by atoms with Crippen LogP contribution in [0.5, 0.6) is 0 Å². The first-order valence-corrected chi connectivity index (χ1v) is 10.6. The third kappa shape index (κ3) is 3.97. The monoisotopic (exact) mass is 392 g/mol. The molecule has 1 aliphatic rings. The number of thioether (sulfide) groups is 1. The van der Waals surface area contributed by atoms with Gasteiger partial charge in [0.25, 0.3) is 0 Å². The molecule has 1 aliphatic carbocycles. The molecule has 1 heterocycles. The lowest BCUT2D eigenvalue weighted by Crippen LogP contribution is -2.31. The van der Waals surface area contributed by atoms with Crippen molar-refractivity contribution in [1.82, 2.24) is 19.7 Å². The highest BCUT2D eigenvalue weighted by atomic mass is 32.2. The van der Waals surface area contributed by atoms with Crippen molar-refractivity contribution < 1.29 is 4.79 Å². The van der Waals surface area contributed by atoms with Crippen molar-refractivity contribution in [3.05, 3.63) is 71.8 Å². The Hall–Kier alpha value is -2.60. The number of benzene rings is 2. The summed E-state index contributed by atoms with van der Waals surface area (Å²) in [6, 6.07) is 14.7. The summed E-state index contributed by atoms with van der Waals surface area (Å²) in [5.41, 5.74) is 4.97. The molecule has 0 radical (unpaired) electrons. The molecule has 0 saturated carbocycles. The number of rotatable bonds is 6. The van der Waals surface area contributed by atoms with Crippen LogP contribution in [-0.2, 0) is 17.6 Å². The average Bonchev–Trinajstić information content (AvgIpc) is 3.42. The largest absolute Gasteiger partial charge is 0.338 e. The van der Waals surface area contributed by atoms with E-state index >= 15 is 0 Å². The Morgan fingerprint density at radius 3 is 2.71 bits per heavy atom. The molecule has 0 fully saturated rings. The minimum atomic E-state index is 0.0120. The van der Waals surface area contributed by atoms with E-state index in [9.17, 15) is 4.79 Å². The molecule has 144 valence electrons. The standard InChI is InChI=1S/C22H24N4OS/c1-16(17-6-9-20(10-7-17)26-15-23-14-24-26)25(2)22(27)13-28-21-11-8-18-4-3-5-19(18)12-21/h6-12,14-16H,3-5,13H2,1-2H3/t16-/m0/s1. The van der Waals surface area contributed by atoms with Crippen molar-refractivity contribution >= 4 is 17.7 Å². The minimum absolute atomic E-state index is 0.0120. The number of carbonyl (C=O) groups excluding carboxylic acids is 1. The highest BCUT2D eigenvalue weighted by Gasteiger charge is 2.18. The molecule has 28 heavy (non-hydrogen) atoms. The van der Waals surface area contributed by atoms with E-state index in [-0.39, 0.29) is 11.9 Å². The van der Waals surface area contributed by atoms with Gasteiger partial charge in [0.15, 0.2) is 0 Å². The van der Waals surface area contributed by atoms with E-state index in [4.69, 9.17) is 0 Å². The number of nitrogens with zero attached hydrogens (tertiary/aromatic N) is 4. The first-order chi connectivity index (χ1) is 13.6. The number of aryl methyl sites for hydroxylation is 2. The Balaban J connectivity index is 1.36. The lowest BCUT2D eigenvalue weighted by Gasteiger charge is -2.25. The van der Waals surface area contributed by atoms with Gasteiger partial charge in [-0.2, -0.15) is 5.10 Å². The summed E-state index contributed by atoms with van der Waals surface area (Å²) in [5.74, 6) is 0.592. The Morgan fingerprint density at radius 2 is 1.96 bits per heavy atom. The zero-order valence-electron chi connectivity index (χ0n) is 16.2. The predicted octanol–water partition coefficient (Wildman–Crippen LogP) is 4.07. The molecule has 1 aromatic heterocycles. The van der Waals surface area contributed by atoms with Crippen LogP contribution >= 0.6 is 11.8 Å². The molecule has 0 unspecified atom stereocenters. The molecule has 1 atom stereocenters. The second-order valence-corrected chi connectivity index (χ2v) is 8.23. The van der Waals surface area contributed by atoms with Gasteiger partial charge < -0.3 is 4.90 Å². The summed E-state index contributed by atoms with van der Waals surface area (Å²) < 4.78 is 1.72. The molecule has 0 spiro atoms. The van der Waals surface area contributed by atoms with E-state index in [2.05, 4.69) is 35.2 Å². The Kier molecular flexibility index (Phi) is 5.48. The van der Waals surface area contributed by atoms with Crippen molar-refractivity contribution in [2.75, 3.05) is 12.8 Å². The molecule has 0 aliphatic heterocycles. The predicted molar refractivity (Wildman–Crippen MR) is 112 cm³/mol. The highest BCUT2D eigenvalue weighted by Crippen LogP contribution is 2.28. The van der Waals surface area contributed by atoms with Crippen LogP contribution in [0.4, 0.5) is 0 Å². The number of amides is 1. The van der Waals surface area contributed by atoms with E-state index in [0.717, 1.165) is 11.3 Å². The van der Waals surface area contributed by atoms with Gasteiger partial charge in [0.05, 0.1) is 17.5 Å². The van der Waals surface area contributed by atoms with Crippen LogP contribution in [0.25, 0.3) is 5.69 Å². The van der Waals surface area contributed by atoms with Crippen LogP contribution < -0.4 is 0 Å². The molecular formula is C22H24N4OS. The molecule has 5 nitrogen and oxygen atoms in total. The fourth-order valence-electron chi connectivity index (χ4n) is 3.57. The van der Waals surface area contributed by atoms with Gasteiger partial charge in [-0.15, -0.1) is 11.8 Å². The van der Waals surface area contributed by atoms with Crippen LogP contribution in [0.1, 0.15) is 36.1 Å². The SMILES string of the molecule is C[C@@H](c1ccc(-n2cncn2)cc1)N(C)C(=O)CSc1ccc2c(c1)CCC2. The first-order valence-electron chi connectivity index (χ1n) is 9.57. The maximum atomic E-state index is 12.7. The molecule has 0 bridgehead atoms. The van der Waals surface area contributed by atoms with Crippen molar-refractivity contribution in [2.24, 2.45) is 0 Å². The molecule has 2 aromatic carbocycles. The summed E-state index contributed by atoms with van der Waals surface area (Å²) in [6.45, 7) is 2.06. The van der Waals surface area contributed by atoms with Crippen LogP contribution in [0.3, 0.4) is 0 Å². The summed E-state index contributed by atoms with van der Waals surface area (Å²) in [7, 11) is 1.88. The number of hydrogen-bond donors (Lipinski definition) is 0. The zero-order chi connectivity index (χ0) is 19.5. The van der Waals surface area contributed by atoms with E-state index in [0.29, 0.717) is 5.75 Å². The summed E-state index contributed by atoms with van der Waals surface area (Å²) in [6.07, 6.45) is 6.79. The third-order valence-corrected chi connectivity index (χ3v) is 6.44. The van der Waals surface area contributed by atoms with E-state index in [1.807, 2.05) is 36.2 Å². The topological polar surface area (TPSA) is 51.0 Å². The fraction of sp³-hybridized carbons (Fsp3) is 0.318. The number of hydrogen-bond acceptors (Lipinski definition) is 4. The van der Waals surface area contributed by atoms with E-state index in [1.165, 1.54) is 41.6 Å². The Labute approximate surface area is 169 Å². The van der Waals surface area contributed by atoms with Gasteiger partial charge in [0, 0.05) is 11.9 Å². The van der Waals surface area contributed by atoms with Crippen LogP contribution in [-0.4, -0.2) is 38.4 Å². The second kappa shape index (κ2) is 8.19. The van der Waals surface area contributed by atoms with E-state index < -0.39 is 0 Å². The molecule has 3 aromatic rings. The fourth-order valence-corrected chi connectivity index (χ4v) is 4.46. The molecule has 6 heteroatoms. The normalized spacial score (nSPS) is 13.9. The number of carbonyl (C=O) groups is 1. The molecule has 4 rings (SSSR count). The van der Waals surface area contributed by atoms with Gasteiger partial charge in [-0.1, -0.05) is 18.2 Å². The van der Waals surface area contributed by atoms with Crippen LogP contribution in [0, 0.1) is 0 Å². The van der Waals surface area contributed by atoms with Gasteiger partial charge in [0.1, 0.15) is 12.7 Å². The molecule has 1 amide bonds. The summed E-state index contributed by atoms with van der Waals surface area (Å²) in [4.78, 5) is 19.7. The van der Waals surface area contributed by atoms with Gasteiger partial charge in [-0.3, -0.25) is 4.79 Å². The molecular weight excluding hydrogens is 368 g/mol. The van der Waals surface area contributed by atoms with Crippen LogP contribution in [0.2, 0.25) is 0 Å². The van der Waals surface area contributed by atoms with Crippen molar-refractivity contribution in [3.8, 4) is 5.69 Å². The lowest BCUT2D eigenvalue weighted by molar-refractivity contribution is -0.128. The van der Waals surface area contributed by atoms with Crippen molar-refractivity contribution in [3.63, 3.8) is 0 Å². The minimum Gasteiger partial charge on any atom is -0.338 e. The van der Waals surface area contributed by atoms with Crippen molar-refractivity contribution in [2.45, 2.75) is 37.1 Å². The van der Waals surface area contributed by atoms with Gasteiger partial charge >= 0.3 is 0 Å². The summed E-state index contributed by atoms with van der Waals surface area (Å²) >= 11 is 1.63. The van der Waals surface area contributed by atoms with Crippen molar-refractivity contribution in [1.29, 1.82) is 0 Å². The van der Waals surface area contributed by atoms with Crippen LogP contribution in [0.15, 0.2) is 60.0 Å².